The lowest BCUT2D eigenvalue weighted by atomic mass is 10.2. The van der Waals surface area contributed by atoms with Gasteiger partial charge in [-0.3, -0.25) is 4.79 Å². The lowest BCUT2D eigenvalue weighted by Crippen LogP contribution is -2.31. The van der Waals surface area contributed by atoms with Gasteiger partial charge in [0.25, 0.3) is 0 Å². The van der Waals surface area contributed by atoms with Gasteiger partial charge in [0.05, 0.1) is 17.2 Å². The Morgan fingerprint density at radius 2 is 1.46 bits per heavy atom. The number of carbonyl (C=O) groups excluding carboxylic acids is 3. The molecule has 0 spiro atoms. The van der Waals surface area contributed by atoms with Crippen molar-refractivity contribution >= 4 is 17.9 Å². The fourth-order valence-corrected chi connectivity index (χ4v) is 2.79. The molecule has 1 saturated heterocycles. The van der Waals surface area contributed by atoms with Crippen LogP contribution < -0.4 is 0 Å². The van der Waals surface area contributed by atoms with Crippen LogP contribution in [0.5, 0.6) is 0 Å². The second-order valence-electron chi connectivity index (χ2n) is 6.25. The first-order valence-electron chi connectivity index (χ1n) is 8.84. The minimum Gasteiger partial charge on any atom is -0.459 e. The highest BCUT2D eigenvalue weighted by atomic mass is 16.7. The molecule has 1 unspecified atom stereocenters. The maximum atomic E-state index is 12.3. The van der Waals surface area contributed by atoms with E-state index in [2.05, 4.69) is 0 Å². The number of ether oxygens (including phenoxy) is 4. The Labute approximate surface area is 162 Å². The summed E-state index contributed by atoms with van der Waals surface area (Å²) >= 11 is 0. The van der Waals surface area contributed by atoms with Crippen LogP contribution in [0.2, 0.25) is 0 Å². The third-order valence-electron chi connectivity index (χ3n) is 4.09. The predicted molar refractivity (Wildman–Crippen MR) is 97.4 cm³/mol. The number of hydrogen-bond acceptors (Lipinski definition) is 7. The molecule has 146 valence electrons. The predicted octanol–water partition coefficient (Wildman–Crippen LogP) is 2.75. The highest BCUT2D eigenvalue weighted by molar-refractivity contribution is 5.89. The summed E-state index contributed by atoms with van der Waals surface area (Å²) < 4.78 is 21.4. The molecule has 28 heavy (non-hydrogen) atoms. The average Bonchev–Trinajstić information content (AvgIpc) is 3.08. The van der Waals surface area contributed by atoms with Gasteiger partial charge in [0.15, 0.2) is 6.10 Å². The van der Waals surface area contributed by atoms with Crippen LogP contribution in [-0.4, -0.2) is 43.0 Å². The number of benzene rings is 2. The molecule has 1 fully saturated rings. The second kappa shape index (κ2) is 9.14. The fraction of sp³-hybridized carbons (Fsp3) is 0.286. The molecule has 7 heteroatoms. The fourth-order valence-electron chi connectivity index (χ4n) is 2.79. The second-order valence-corrected chi connectivity index (χ2v) is 6.25. The smallest absolute Gasteiger partial charge is 0.338 e. The van der Waals surface area contributed by atoms with Crippen LogP contribution in [0.3, 0.4) is 0 Å². The molecule has 1 heterocycles. The van der Waals surface area contributed by atoms with Crippen LogP contribution in [0.15, 0.2) is 60.7 Å². The van der Waals surface area contributed by atoms with Gasteiger partial charge in [-0.2, -0.15) is 0 Å². The molecule has 3 atom stereocenters. The number of hydrogen-bond donors (Lipinski definition) is 0. The van der Waals surface area contributed by atoms with Crippen molar-refractivity contribution in [3.63, 3.8) is 0 Å². The van der Waals surface area contributed by atoms with Gasteiger partial charge in [-0.1, -0.05) is 36.4 Å². The van der Waals surface area contributed by atoms with Gasteiger partial charge in [0.1, 0.15) is 6.61 Å². The zero-order valence-electron chi connectivity index (χ0n) is 15.3. The van der Waals surface area contributed by atoms with Gasteiger partial charge in [0.2, 0.25) is 6.29 Å². The Kier molecular flexibility index (Phi) is 6.39. The van der Waals surface area contributed by atoms with E-state index in [1.165, 1.54) is 6.92 Å². The van der Waals surface area contributed by atoms with Crippen LogP contribution in [0.4, 0.5) is 0 Å². The molecule has 0 aromatic heterocycles. The van der Waals surface area contributed by atoms with Crippen LogP contribution in [0, 0.1) is 0 Å². The standard InChI is InChI=1S/C21H20O7/c1-14(22)26-21-18(28-20(24)16-10-6-3-7-11-16)12-17(27-21)13-25-19(23)15-8-4-2-5-9-15/h2-11,17-18,21H,12-13H2,1H3/t17-,18+,21?/m0/s1. The molecule has 0 aliphatic carbocycles. The van der Waals surface area contributed by atoms with Gasteiger partial charge in [-0.15, -0.1) is 0 Å². The van der Waals surface area contributed by atoms with E-state index in [9.17, 15) is 14.4 Å². The summed E-state index contributed by atoms with van der Waals surface area (Å²) in [6.45, 7) is 1.19. The summed E-state index contributed by atoms with van der Waals surface area (Å²) in [5.41, 5.74) is 0.798. The summed E-state index contributed by atoms with van der Waals surface area (Å²) in [5.74, 6) is -1.60. The number of rotatable bonds is 6. The van der Waals surface area contributed by atoms with Gasteiger partial charge in [0, 0.05) is 13.3 Å². The minimum absolute atomic E-state index is 0.0507. The Bertz CT molecular complexity index is 819. The van der Waals surface area contributed by atoms with Crippen molar-refractivity contribution < 1.29 is 33.3 Å². The first kappa shape index (κ1) is 19.6. The molecular weight excluding hydrogens is 364 g/mol. The third kappa shape index (κ3) is 5.17. The van der Waals surface area contributed by atoms with Gasteiger partial charge in [-0.05, 0) is 24.3 Å². The van der Waals surface area contributed by atoms with Crippen LogP contribution >= 0.6 is 0 Å². The monoisotopic (exact) mass is 384 g/mol. The Morgan fingerprint density at radius 1 is 0.893 bits per heavy atom. The van der Waals surface area contributed by atoms with E-state index < -0.39 is 36.4 Å². The Hall–Kier alpha value is -3.19. The van der Waals surface area contributed by atoms with E-state index in [0.29, 0.717) is 11.1 Å². The highest BCUT2D eigenvalue weighted by Gasteiger charge is 2.41. The molecule has 0 N–H and O–H groups in total. The van der Waals surface area contributed by atoms with Crippen molar-refractivity contribution in [1.82, 2.24) is 0 Å². The SMILES string of the molecule is CC(=O)OC1O[C@H](COC(=O)c2ccccc2)C[C@H]1OC(=O)c1ccccc1. The van der Waals surface area contributed by atoms with Gasteiger partial charge in [-0.25, -0.2) is 9.59 Å². The van der Waals surface area contributed by atoms with E-state index in [4.69, 9.17) is 18.9 Å². The van der Waals surface area contributed by atoms with Crippen LogP contribution in [-0.2, 0) is 23.7 Å². The summed E-state index contributed by atoms with van der Waals surface area (Å²) in [5, 5.41) is 0. The van der Waals surface area contributed by atoms with Gasteiger partial charge >= 0.3 is 17.9 Å². The zero-order valence-corrected chi connectivity index (χ0v) is 15.3. The molecule has 1 aliphatic rings. The number of carbonyl (C=O) groups is 3. The van der Waals surface area contributed by atoms with E-state index in [1.807, 2.05) is 0 Å². The molecule has 2 aromatic carbocycles. The maximum absolute atomic E-state index is 12.3. The molecule has 3 rings (SSSR count). The first-order chi connectivity index (χ1) is 13.5. The summed E-state index contributed by atoms with van der Waals surface area (Å²) in [6.07, 6.45) is -2.17. The van der Waals surface area contributed by atoms with Crippen molar-refractivity contribution in [1.29, 1.82) is 0 Å². The Balaban J connectivity index is 1.59. The molecule has 7 nitrogen and oxygen atoms in total. The lowest BCUT2D eigenvalue weighted by Gasteiger charge is -2.18. The third-order valence-corrected chi connectivity index (χ3v) is 4.09. The quantitative estimate of drug-likeness (QED) is 0.559. The van der Waals surface area contributed by atoms with E-state index >= 15 is 0 Å². The lowest BCUT2D eigenvalue weighted by molar-refractivity contribution is -0.187. The molecule has 0 radical (unpaired) electrons. The Morgan fingerprint density at radius 3 is 2.04 bits per heavy atom. The van der Waals surface area contributed by atoms with Crippen LogP contribution in [0.1, 0.15) is 34.1 Å². The molecule has 1 aliphatic heterocycles. The molecule has 0 amide bonds. The topological polar surface area (TPSA) is 88.1 Å². The van der Waals surface area contributed by atoms with Crippen molar-refractivity contribution in [2.45, 2.75) is 31.8 Å². The number of esters is 3. The van der Waals surface area contributed by atoms with E-state index in [0.717, 1.165) is 0 Å². The van der Waals surface area contributed by atoms with Crippen molar-refractivity contribution in [2.75, 3.05) is 6.61 Å². The van der Waals surface area contributed by atoms with E-state index in [-0.39, 0.29) is 13.0 Å². The summed E-state index contributed by atoms with van der Waals surface area (Å²) in [4.78, 5) is 35.7. The molecule has 2 aromatic rings. The largest absolute Gasteiger partial charge is 0.459 e. The normalized spacial score (nSPS) is 21.0. The summed E-state index contributed by atoms with van der Waals surface area (Å²) in [6, 6.07) is 17.0. The first-order valence-corrected chi connectivity index (χ1v) is 8.84. The summed E-state index contributed by atoms with van der Waals surface area (Å²) in [7, 11) is 0. The molecular formula is C21H20O7. The van der Waals surface area contributed by atoms with Crippen molar-refractivity contribution in [3.05, 3.63) is 71.8 Å². The average molecular weight is 384 g/mol. The zero-order chi connectivity index (χ0) is 19.9. The molecule has 0 saturated carbocycles. The van der Waals surface area contributed by atoms with E-state index in [1.54, 1.807) is 60.7 Å². The highest BCUT2D eigenvalue weighted by Crippen LogP contribution is 2.26. The maximum Gasteiger partial charge on any atom is 0.338 e. The van der Waals surface area contributed by atoms with Crippen molar-refractivity contribution in [2.24, 2.45) is 0 Å². The van der Waals surface area contributed by atoms with Crippen LogP contribution in [0.25, 0.3) is 0 Å². The minimum atomic E-state index is -1.05. The van der Waals surface area contributed by atoms with Crippen molar-refractivity contribution in [3.8, 4) is 0 Å². The molecule has 0 bridgehead atoms. The van der Waals surface area contributed by atoms with Gasteiger partial charge < -0.3 is 18.9 Å².